The second-order valence-corrected chi connectivity index (χ2v) is 6.68. The van der Waals surface area contributed by atoms with Crippen molar-refractivity contribution in [2.24, 2.45) is 0 Å². The molecular formula is C22H20F3N3O4. The summed E-state index contributed by atoms with van der Waals surface area (Å²) in [6.07, 6.45) is -4.60. The first kappa shape index (κ1) is 23.0. The fourth-order valence-electron chi connectivity index (χ4n) is 2.82. The average molecular weight is 447 g/mol. The molecule has 7 nitrogen and oxygen atoms in total. The molecule has 168 valence electrons. The van der Waals surface area contributed by atoms with E-state index in [4.69, 9.17) is 9.47 Å². The minimum atomic E-state index is -4.60. The minimum absolute atomic E-state index is 0.0433. The van der Waals surface area contributed by atoms with Gasteiger partial charge in [0.15, 0.2) is 0 Å². The number of carbonyl (C=O) groups is 1. The molecule has 1 aromatic heterocycles. The van der Waals surface area contributed by atoms with Crippen LogP contribution in [0.4, 0.5) is 18.9 Å². The van der Waals surface area contributed by atoms with Gasteiger partial charge in [0.05, 0.1) is 23.6 Å². The Hall–Kier alpha value is -3.66. The van der Waals surface area contributed by atoms with Crippen molar-refractivity contribution in [3.8, 4) is 17.0 Å². The van der Waals surface area contributed by atoms with Gasteiger partial charge in [-0.2, -0.15) is 18.3 Å². The van der Waals surface area contributed by atoms with Crippen LogP contribution in [-0.4, -0.2) is 36.0 Å². The van der Waals surface area contributed by atoms with Crippen LogP contribution in [0.1, 0.15) is 5.56 Å². The molecule has 0 fully saturated rings. The molecule has 1 N–H and O–H groups in total. The average Bonchev–Trinajstić information content (AvgIpc) is 2.76. The van der Waals surface area contributed by atoms with Crippen LogP contribution in [0, 0.1) is 0 Å². The summed E-state index contributed by atoms with van der Waals surface area (Å²) < 4.78 is 50.6. The zero-order valence-corrected chi connectivity index (χ0v) is 17.1. The number of benzene rings is 2. The largest absolute Gasteiger partial charge is 0.489 e. The molecule has 0 saturated carbocycles. The van der Waals surface area contributed by atoms with Crippen LogP contribution in [0.3, 0.4) is 0 Å². The van der Waals surface area contributed by atoms with Crippen molar-refractivity contribution in [1.29, 1.82) is 0 Å². The van der Waals surface area contributed by atoms with Gasteiger partial charge in [-0.1, -0.05) is 30.3 Å². The molecule has 0 aliphatic rings. The number of nitrogens with zero attached hydrogens (tertiary/aromatic N) is 2. The van der Waals surface area contributed by atoms with Crippen molar-refractivity contribution >= 4 is 11.6 Å². The molecule has 0 aliphatic heterocycles. The third-order valence-electron chi connectivity index (χ3n) is 4.36. The Kier molecular flexibility index (Phi) is 7.26. The van der Waals surface area contributed by atoms with Crippen LogP contribution in [-0.2, 0) is 22.3 Å². The number of hydrogen-bond acceptors (Lipinski definition) is 5. The summed E-state index contributed by atoms with van der Waals surface area (Å²) in [4.78, 5) is 24.7. The number of alkyl halides is 3. The van der Waals surface area contributed by atoms with Crippen molar-refractivity contribution in [2.75, 3.05) is 25.6 Å². The standard InChI is InChI=1S/C22H20F3N3O4/c1-31-11-12-32-19-9-7-16(22(23,24)25)13-18(19)26-20(29)14-28-21(30)10-8-17(27-28)15-5-3-2-4-6-15/h2-10,13H,11-12,14H2,1H3,(H,26,29). The number of methoxy groups -OCH3 is 1. The topological polar surface area (TPSA) is 82.4 Å². The van der Waals surface area contributed by atoms with E-state index in [-0.39, 0.29) is 24.7 Å². The van der Waals surface area contributed by atoms with Gasteiger partial charge < -0.3 is 14.8 Å². The predicted octanol–water partition coefficient (Wildman–Crippen LogP) is 3.59. The lowest BCUT2D eigenvalue weighted by Crippen LogP contribution is -2.29. The molecule has 0 spiro atoms. The number of aromatic nitrogens is 2. The van der Waals surface area contributed by atoms with E-state index in [0.29, 0.717) is 5.69 Å². The molecule has 0 radical (unpaired) electrons. The van der Waals surface area contributed by atoms with E-state index in [1.807, 2.05) is 6.07 Å². The molecule has 10 heteroatoms. The van der Waals surface area contributed by atoms with E-state index in [1.165, 1.54) is 19.2 Å². The lowest BCUT2D eigenvalue weighted by molar-refractivity contribution is -0.137. The molecule has 0 atom stereocenters. The Morgan fingerprint density at radius 3 is 2.50 bits per heavy atom. The van der Waals surface area contributed by atoms with E-state index >= 15 is 0 Å². The van der Waals surface area contributed by atoms with Crippen LogP contribution in [0.25, 0.3) is 11.3 Å². The SMILES string of the molecule is COCCOc1ccc(C(F)(F)F)cc1NC(=O)Cn1nc(-c2ccccc2)ccc1=O. The number of hydrogen-bond donors (Lipinski definition) is 1. The lowest BCUT2D eigenvalue weighted by Gasteiger charge is -2.15. The van der Waals surface area contributed by atoms with E-state index in [1.54, 1.807) is 24.3 Å². The number of nitrogens with one attached hydrogen (secondary N) is 1. The molecule has 1 amide bonds. The van der Waals surface area contributed by atoms with Gasteiger partial charge in [-0.3, -0.25) is 9.59 Å². The molecule has 3 rings (SSSR count). The fraction of sp³-hybridized carbons (Fsp3) is 0.227. The summed E-state index contributed by atoms with van der Waals surface area (Å²) >= 11 is 0. The van der Waals surface area contributed by atoms with Gasteiger partial charge in [0.2, 0.25) is 5.91 Å². The van der Waals surface area contributed by atoms with Gasteiger partial charge in [0, 0.05) is 18.7 Å². The van der Waals surface area contributed by atoms with Gasteiger partial charge in [-0.15, -0.1) is 0 Å². The molecule has 1 heterocycles. The number of amides is 1. The predicted molar refractivity (Wildman–Crippen MR) is 111 cm³/mol. The highest BCUT2D eigenvalue weighted by atomic mass is 19.4. The highest BCUT2D eigenvalue weighted by Crippen LogP contribution is 2.35. The van der Waals surface area contributed by atoms with Crippen molar-refractivity contribution in [2.45, 2.75) is 12.7 Å². The summed E-state index contributed by atoms with van der Waals surface area (Å²) in [6, 6.07) is 14.6. The van der Waals surface area contributed by atoms with Crippen molar-refractivity contribution in [3.63, 3.8) is 0 Å². The van der Waals surface area contributed by atoms with Gasteiger partial charge in [0.1, 0.15) is 18.9 Å². The zero-order chi connectivity index (χ0) is 23.1. The zero-order valence-electron chi connectivity index (χ0n) is 17.1. The highest BCUT2D eigenvalue weighted by molar-refractivity contribution is 5.92. The molecule has 0 bridgehead atoms. The molecule has 2 aromatic carbocycles. The third-order valence-corrected chi connectivity index (χ3v) is 4.36. The Morgan fingerprint density at radius 2 is 1.81 bits per heavy atom. The second kappa shape index (κ2) is 10.1. The molecule has 0 aliphatic carbocycles. The molecule has 32 heavy (non-hydrogen) atoms. The summed E-state index contributed by atoms with van der Waals surface area (Å²) in [5, 5.41) is 6.56. The number of anilines is 1. The van der Waals surface area contributed by atoms with Crippen LogP contribution >= 0.6 is 0 Å². The fourth-order valence-corrected chi connectivity index (χ4v) is 2.82. The Morgan fingerprint density at radius 1 is 1.06 bits per heavy atom. The minimum Gasteiger partial charge on any atom is -0.489 e. The first-order valence-corrected chi connectivity index (χ1v) is 9.54. The Balaban J connectivity index is 1.83. The third kappa shape index (κ3) is 5.94. The van der Waals surface area contributed by atoms with Gasteiger partial charge >= 0.3 is 6.18 Å². The molecular weight excluding hydrogens is 427 g/mol. The Bertz CT molecular complexity index is 1130. The van der Waals surface area contributed by atoms with Crippen molar-refractivity contribution in [3.05, 3.63) is 76.6 Å². The Labute approximate surface area is 181 Å². The first-order valence-electron chi connectivity index (χ1n) is 9.54. The van der Waals surface area contributed by atoms with Crippen molar-refractivity contribution in [1.82, 2.24) is 9.78 Å². The second-order valence-electron chi connectivity index (χ2n) is 6.68. The summed E-state index contributed by atoms with van der Waals surface area (Å²) in [5.74, 6) is -0.692. The van der Waals surface area contributed by atoms with Crippen LogP contribution in [0.2, 0.25) is 0 Å². The molecule has 0 unspecified atom stereocenters. The lowest BCUT2D eigenvalue weighted by atomic mass is 10.1. The number of rotatable bonds is 8. The van der Waals surface area contributed by atoms with Gasteiger partial charge in [0.25, 0.3) is 5.56 Å². The monoisotopic (exact) mass is 447 g/mol. The first-order chi connectivity index (χ1) is 15.3. The maximum absolute atomic E-state index is 13.1. The smallest absolute Gasteiger partial charge is 0.416 e. The van der Waals surface area contributed by atoms with Gasteiger partial charge in [-0.25, -0.2) is 4.68 Å². The van der Waals surface area contributed by atoms with E-state index in [0.717, 1.165) is 28.4 Å². The van der Waals surface area contributed by atoms with Gasteiger partial charge in [-0.05, 0) is 24.3 Å². The quantitative estimate of drug-likeness (QED) is 0.534. The maximum atomic E-state index is 13.1. The summed E-state index contributed by atoms with van der Waals surface area (Å²) in [7, 11) is 1.45. The number of carbonyl (C=O) groups excluding carboxylic acids is 1. The van der Waals surface area contributed by atoms with Crippen molar-refractivity contribution < 1.29 is 27.4 Å². The van der Waals surface area contributed by atoms with Crippen LogP contribution in [0.5, 0.6) is 5.75 Å². The van der Waals surface area contributed by atoms with E-state index in [2.05, 4.69) is 10.4 Å². The summed E-state index contributed by atoms with van der Waals surface area (Å²) in [6.45, 7) is -0.210. The summed E-state index contributed by atoms with van der Waals surface area (Å²) in [5.41, 5.74) is -0.434. The van der Waals surface area contributed by atoms with Crippen LogP contribution < -0.4 is 15.6 Å². The maximum Gasteiger partial charge on any atom is 0.416 e. The molecule has 3 aromatic rings. The highest BCUT2D eigenvalue weighted by Gasteiger charge is 2.31. The van der Waals surface area contributed by atoms with Crippen LogP contribution in [0.15, 0.2) is 65.5 Å². The number of ether oxygens (including phenoxy) is 2. The van der Waals surface area contributed by atoms with E-state index in [9.17, 15) is 22.8 Å². The normalized spacial score (nSPS) is 11.2. The van der Waals surface area contributed by atoms with E-state index < -0.39 is 29.8 Å². The molecule has 0 saturated heterocycles. The number of halogens is 3.